The number of nitrogens with one attached hydrogen (secondary N) is 1. The molecule has 1 N–H and O–H groups in total. The van der Waals surface area contributed by atoms with E-state index < -0.39 is 0 Å². The molecule has 0 aliphatic rings. The van der Waals surface area contributed by atoms with E-state index in [-0.39, 0.29) is 6.54 Å². The average Bonchev–Trinajstić information content (AvgIpc) is 2.89. The monoisotopic (exact) mass is 223 g/mol. The van der Waals surface area contributed by atoms with E-state index in [0.29, 0.717) is 0 Å². The van der Waals surface area contributed by atoms with Crippen molar-refractivity contribution in [1.29, 1.82) is 0 Å². The van der Waals surface area contributed by atoms with Gasteiger partial charge >= 0.3 is 0 Å². The lowest BCUT2D eigenvalue weighted by Gasteiger charge is -1.96. The third kappa shape index (κ3) is 2.88. The van der Waals surface area contributed by atoms with Gasteiger partial charge in [0.05, 0.1) is 24.8 Å². The van der Waals surface area contributed by atoms with E-state index in [1.165, 1.54) is 0 Å². The van der Waals surface area contributed by atoms with Gasteiger partial charge in [-0.2, -0.15) is 0 Å². The second kappa shape index (κ2) is 5.40. The first-order valence-corrected chi connectivity index (χ1v) is 4.98. The van der Waals surface area contributed by atoms with Crippen LogP contribution in [-0.2, 0) is 0 Å². The van der Waals surface area contributed by atoms with Crippen LogP contribution in [0.5, 0.6) is 0 Å². The molecular weight excluding hydrogens is 214 g/mol. The second-order valence-electron chi connectivity index (χ2n) is 3.23. The number of azide groups is 1. The topological polar surface area (TPSA) is 77.4 Å². The van der Waals surface area contributed by atoms with Gasteiger partial charge in [-0.05, 0) is 23.2 Å². The van der Waals surface area contributed by atoms with Crippen LogP contribution in [0.3, 0.4) is 0 Å². The molecule has 1 heterocycles. The molecule has 0 aliphatic carbocycles. The van der Waals surface area contributed by atoms with Gasteiger partial charge in [0.1, 0.15) is 0 Å². The van der Waals surface area contributed by atoms with Gasteiger partial charge in [0.2, 0.25) is 0 Å². The van der Waals surface area contributed by atoms with Crippen LogP contribution in [0.1, 0.15) is 5.56 Å². The lowest BCUT2D eigenvalue weighted by atomic mass is 10.1. The fourth-order valence-corrected chi connectivity index (χ4v) is 1.36. The quantitative estimate of drug-likeness (QED) is 0.361. The van der Waals surface area contributed by atoms with Crippen LogP contribution in [0.25, 0.3) is 21.7 Å². The van der Waals surface area contributed by atoms with Gasteiger partial charge < -0.3 is 4.98 Å². The zero-order valence-corrected chi connectivity index (χ0v) is 8.96. The summed E-state index contributed by atoms with van der Waals surface area (Å²) in [4.78, 5) is 9.62. The van der Waals surface area contributed by atoms with E-state index in [1.807, 2.05) is 24.3 Å². The molecule has 0 spiro atoms. The number of imidazole rings is 1. The molecule has 1 aromatic heterocycles. The summed E-state index contributed by atoms with van der Waals surface area (Å²) in [6.07, 6.45) is 3.41. The predicted molar refractivity (Wildman–Crippen MR) is 64.9 cm³/mol. The van der Waals surface area contributed by atoms with Crippen molar-refractivity contribution in [3.8, 4) is 23.1 Å². The Morgan fingerprint density at radius 3 is 2.82 bits per heavy atom. The molecule has 2 aromatic rings. The number of nitrogens with zero attached hydrogens (tertiary/aromatic N) is 4. The lowest BCUT2D eigenvalue weighted by molar-refractivity contribution is 1.25. The van der Waals surface area contributed by atoms with Crippen LogP contribution in [0, 0.1) is 11.8 Å². The third-order valence-electron chi connectivity index (χ3n) is 2.14. The Morgan fingerprint density at radius 1 is 1.35 bits per heavy atom. The molecule has 0 unspecified atom stereocenters. The van der Waals surface area contributed by atoms with Gasteiger partial charge in [-0.25, -0.2) is 4.98 Å². The molecule has 0 fully saturated rings. The van der Waals surface area contributed by atoms with Gasteiger partial charge in [-0.1, -0.05) is 29.1 Å². The van der Waals surface area contributed by atoms with Crippen LogP contribution < -0.4 is 0 Å². The fraction of sp³-hybridized carbons (Fsp3) is 0.0833. The Bertz CT molecular complexity index is 580. The summed E-state index contributed by atoms with van der Waals surface area (Å²) in [6.45, 7) is 0.193. The summed E-state index contributed by atoms with van der Waals surface area (Å²) >= 11 is 0. The predicted octanol–water partition coefficient (Wildman–Crippen LogP) is 2.74. The minimum absolute atomic E-state index is 0.193. The largest absolute Gasteiger partial charge is 0.345 e. The van der Waals surface area contributed by atoms with Crippen molar-refractivity contribution in [3.05, 3.63) is 52.8 Å². The number of aromatic nitrogens is 2. The van der Waals surface area contributed by atoms with E-state index in [9.17, 15) is 0 Å². The average molecular weight is 223 g/mol. The van der Waals surface area contributed by atoms with E-state index in [4.69, 9.17) is 5.53 Å². The highest BCUT2D eigenvalue weighted by Gasteiger charge is 1.97. The van der Waals surface area contributed by atoms with Gasteiger partial charge in [0, 0.05) is 10.5 Å². The van der Waals surface area contributed by atoms with E-state index in [0.717, 1.165) is 16.8 Å². The molecule has 17 heavy (non-hydrogen) atoms. The van der Waals surface area contributed by atoms with E-state index >= 15 is 0 Å². The summed E-state index contributed by atoms with van der Waals surface area (Å²) in [5.74, 6) is 5.68. The molecule has 0 saturated heterocycles. The van der Waals surface area contributed by atoms with Gasteiger partial charge in [-0.3, -0.25) is 0 Å². The number of benzene rings is 1. The number of aromatic amines is 1. The molecule has 5 heteroatoms. The van der Waals surface area contributed by atoms with Gasteiger partial charge in [-0.15, -0.1) is 0 Å². The summed E-state index contributed by atoms with van der Waals surface area (Å²) in [5, 5.41) is 3.34. The molecule has 5 nitrogen and oxygen atoms in total. The maximum atomic E-state index is 8.09. The fourth-order valence-electron chi connectivity index (χ4n) is 1.36. The first-order chi connectivity index (χ1) is 8.40. The van der Waals surface area contributed by atoms with Crippen molar-refractivity contribution in [2.75, 3.05) is 6.54 Å². The first-order valence-electron chi connectivity index (χ1n) is 4.98. The number of H-pyrrole nitrogens is 1. The van der Waals surface area contributed by atoms with Crippen molar-refractivity contribution in [3.63, 3.8) is 0 Å². The number of hydrogen-bond acceptors (Lipinski definition) is 2. The maximum Gasteiger partial charge on any atom is 0.0924 e. The maximum absolute atomic E-state index is 8.09. The van der Waals surface area contributed by atoms with E-state index in [2.05, 4.69) is 31.8 Å². The van der Waals surface area contributed by atoms with Crippen LogP contribution in [0.2, 0.25) is 0 Å². The zero-order chi connectivity index (χ0) is 11.9. The normalized spacial score (nSPS) is 8.94. The Kier molecular flexibility index (Phi) is 3.43. The minimum atomic E-state index is 0.193. The number of rotatable bonds is 2. The van der Waals surface area contributed by atoms with Crippen LogP contribution >= 0.6 is 0 Å². The second-order valence-corrected chi connectivity index (χ2v) is 3.23. The van der Waals surface area contributed by atoms with Crippen molar-refractivity contribution in [2.24, 2.45) is 5.11 Å². The summed E-state index contributed by atoms with van der Waals surface area (Å²) < 4.78 is 0. The van der Waals surface area contributed by atoms with Gasteiger partial charge in [0.25, 0.3) is 0 Å². The minimum Gasteiger partial charge on any atom is -0.345 e. The zero-order valence-electron chi connectivity index (χ0n) is 8.96. The molecule has 0 aliphatic heterocycles. The molecule has 0 atom stereocenters. The first kappa shape index (κ1) is 10.8. The molecule has 0 amide bonds. The summed E-state index contributed by atoms with van der Waals surface area (Å²) in [7, 11) is 0. The molecule has 2 rings (SSSR count). The molecule has 0 bridgehead atoms. The van der Waals surface area contributed by atoms with Crippen LogP contribution in [0.15, 0.2) is 41.9 Å². The number of hydrogen-bond donors (Lipinski definition) is 1. The SMILES string of the molecule is [N-]=[N+]=NCC#Cc1ccc(-c2cnc[nH]2)cc1. The molecule has 82 valence electrons. The third-order valence-corrected chi connectivity index (χ3v) is 2.14. The van der Waals surface area contributed by atoms with Crippen LogP contribution in [-0.4, -0.2) is 16.5 Å². The van der Waals surface area contributed by atoms with Crippen molar-refractivity contribution in [1.82, 2.24) is 9.97 Å². The lowest BCUT2D eigenvalue weighted by Crippen LogP contribution is -1.79. The van der Waals surface area contributed by atoms with Crippen molar-refractivity contribution < 1.29 is 0 Å². The Balaban J connectivity index is 2.12. The Labute approximate surface area is 98.1 Å². The van der Waals surface area contributed by atoms with Crippen molar-refractivity contribution in [2.45, 2.75) is 0 Å². The molecular formula is C12H9N5. The standard InChI is InChI=1S/C12H9N5/c13-17-16-7-1-2-10-3-5-11(6-4-10)12-8-14-9-15-12/h3-6,8-9H,7H2,(H,14,15). The summed E-state index contributed by atoms with van der Waals surface area (Å²) in [5.41, 5.74) is 11.0. The van der Waals surface area contributed by atoms with Gasteiger partial charge in [0.15, 0.2) is 0 Å². The summed E-state index contributed by atoms with van der Waals surface area (Å²) in [6, 6.07) is 7.76. The molecule has 0 saturated carbocycles. The Morgan fingerprint density at radius 2 is 2.18 bits per heavy atom. The van der Waals surface area contributed by atoms with Crippen LogP contribution in [0.4, 0.5) is 0 Å². The molecule has 0 radical (unpaired) electrons. The smallest absolute Gasteiger partial charge is 0.0924 e. The highest BCUT2D eigenvalue weighted by molar-refractivity contribution is 5.59. The van der Waals surface area contributed by atoms with Crippen molar-refractivity contribution >= 4 is 0 Å². The highest BCUT2D eigenvalue weighted by Crippen LogP contribution is 2.15. The Hall–Kier alpha value is -2.70. The van der Waals surface area contributed by atoms with E-state index in [1.54, 1.807) is 12.5 Å². The molecule has 1 aromatic carbocycles. The highest BCUT2D eigenvalue weighted by atomic mass is 15.1.